The lowest BCUT2D eigenvalue weighted by atomic mass is 9.97. The molecule has 1 aliphatic rings. The number of hydrogen-bond acceptors (Lipinski definition) is 2. The van der Waals surface area contributed by atoms with E-state index in [2.05, 4.69) is 17.1 Å². The molecule has 1 N–H and O–H groups in total. The lowest BCUT2D eigenvalue weighted by Gasteiger charge is -2.30. The van der Waals surface area contributed by atoms with Crippen molar-refractivity contribution in [2.75, 3.05) is 26.2 Å². The van der Waals surface area contributed by atoms with Crippen LogP contribution in [0.5, 0.6) is 0 Å². The van der Waals surface area contributed by atoms with Crippen molar-refractivity contribution in [2.45, 2.75) is 19.8 Å². The maximum Gasteiger partial charge on any atom is 0.244 e. The van der Waals surface area contributed by atoms with Gasteiger partial charge in [0.15, 0.2) is 0 Å². The summed E-state index contributed by atoms with van der Waals surface area (Å²) in [6, 6.07) is 6.43. The highest BCUT2D eigenvalue weighted by Gasteiger charge is 2.17. The first-order chi connectivity index (χ1) is 10.2. The van der Waals surface area contributed by atoms with Gasteiger partial charge in [-0.05, 0) is 50.5 Å². The molecule has 0 atom stereocenters. The molecule has 0 aliphatic carbocycles. The number of carbonyl (C=O) groups is 1. The van der Waals surface area contributed by atoms with Crippen molar-refractivity contribution in [1.29, 1.82) is 0 Å². The lowest BCUT2D eigenvalue weighted by molar-refractivity contribution is -0.116. The standard InChI is InChI=1S/C17H23FN2O/c1-2-20-11-9-14(10-12-20)13-19-17(21)8-7-15-5-3-4-6-16(15)18/h3-8,14H,2,9-13H2,1H3,(H,19,21). The van der Waals surface area contributed by atoms with E-state index >= 15 is 0 Å². The van der Waals surface area contributed by atoms with Gasteiger partial charge in [-0.2, -0.15) is 0 Å². The van der Waals surface area contributed by atoms with Gasteiger partial charge in [0.1, 0.15) is 5.82 Å². The van der Waals surface area contributed by atoms with Crippen molar-refractivity contribution in [3.8, 4) is 0 Å². The highest BCUT2D eigenvalue weighted by Crippen LogP contribution is 2.15. The zero-order valence-electron chi connectivity index (χ0n) is 12.5. The number of nitrogens with zero attached hydrogens (tertiary/aromatic N) is 1. The normalized spacial score (nSPS) is 17.2. The number of amides is 1. The second kappa shape index (κ2) is 7.93. The predicted octanol–water partition coefficient (Wildman–Crippen LogP) is 2.69. The third-order valence-electron chi connectivity index (χ3n) is 4.04. The second-order valence-corrected chi connectivity index (χ2v) is 5.48. The van der Waals surface area contributed by atoms with Crippen LogP contribution in [0.4, 0.5) is 4.39 Å². The smallest absolute Gasteiger partial charge is 0.244 e. The van der Waals surface area contributed by atoms with E-state index in [1.54, 1.807) is 18.2 Å². The molecule has 0 unspecified atom stereocenters. The largest absolute Gasteiger partial charge is 0.352 e. The average molecular weight is 290 g/mol. The van der Waals surface area contributed by atoms with Gasteiger partial charge < -0.3 is 10.2 Å². The number of halogens is 1. The molecule has 2 rings (SSSR count). The Morgan fingerprint density at radius 2 is 2.10 bits per heavy atom. The molecule has 1 aliphatic heterocycles. The van der Waals surface area contributed by atoms with Crippen LogP contribution in [0, 0.1) is 11.7 Å². The number of rotatable bonds is 5. The molecule has 0 spiro atoms. The minimum absolute atomic E-state index is 0.156. The molecule has 1 fully saturated rings. The van der Waals surface area contributed by atoms with E-state index in [1.807, 2.05) is 0 Å². The lowest BCUT2D eigenvalue weighted by Crippen LogP contribution is -2.38. The number of benzene rings is 1. The van der Waals surface area contributed by atoms with Crippen LogP contribution in [0.2, 0.25) is 0 Å². The van der Waals surface area contributed by atoms with Crippen molar-refractivity contribution in [3.63, 3.8) is 0 Å². The summed E-state index contributed by atoms with van der Waals surface area (Å²) in [6.07, 6.45) is 5.18. The topological polar surface area (TPSA) is 32.3 Å². The third-order valence-corrected chi connectivity index (χ3v) is 4.04. The van der Waals surface area contributed by atoms with Crippen molar-refractivity contribution in [3.05, 3.63) is 41.7 Å². The van der Waals surface area contributed by atoms with Crippen molar-refractivity contribution in [2.24, 2.45) is 5.92 Å². The Balaban J connectivity index is 1.74. The Morgan fingerprint density at radius 3 is 2.76 bits per heavy atom. The van der Waals surface area contributed by atoms with Gasteiger partial charge in [-0.15, -0.1) is 0 Å². The molecule has 1 aromatic carbocycles. The van der Waals surface area contributed by atoms with E-state index in [0.717, 1.165) is 32.5 Å². The highest BCUT2D eigenvalue weighted by atomic mass is 19.1. The number of likely N-dealkylation sites (tertiary alicyclic amines) is 1. The molecule has 1 heterocycles. The monoisotopic (exact) mass is 290 g/mol. The fraction of sp³-hybridized carbons (Fsp3) is 0.471. The summed E-state index contributed by atoms with van der Waals surface area (Å²) < 4.78 is 13.4. The molecule has 1 saturated heterocycles. The Labute approximate surface area is 125 Å². The summed E-state index contributed by atoms with van der Waals surface area (Å²) in [6.45, 7) is 6.21. The van der Waals surface area contributed by atoms with Gasteiger partial charge in [0.05, 0.1) is 0 Å². The van der Waals surface area contributed by atoms with Crippen LogP contribution in [0.25, 0.3) is 6.08 Å². The molecule has 1 amide bonds. The molecule has 4 heteroatoms. The van der Waals surface area contributed by atoms with Crippen LogP contribution >= 0.6 is 0 Å². The molecule has 1 aromatic rings. The minimum atomic E-state index is -0.312. The maximum atomic E-state index is 13.4. The van der Waals surface area contributed by atoms with Crippen LogP contribution in [0.3, 0.4) is 0 Å². The van der Waals surface area contributed by atoms with Gasteiger partial charge in [-0.25, -0.2) is 4.39 Å². The van der Waals surface area contributed by atoms with Crippen LogP contribution in [0.1, 0.15) is 25.3 Å². The first kappa shape index (κ1) is 15.7. The second-order valence-electron chi connectivity index (χ2n) is 5.48. The summed E-state index contributed by atoms with van der Waals surface area (Å²) in [7, 11) is 0. The molecule has 21 heavy (non-hydrogen) atoms. The number of hydrogen-bond donors (Lipinski definition) is 1. The number of piperidine rings is 1. The van der Waals surface area contributed by atoms with E-state index in [4.69, 9.17) is 0 Å². The molecule has 0 saturated carbocycles. The summed E-state index contributed by atoms with van der Waals surface area (Å²) >= 11 is 0. The summed E-state index contributed by atoms with van der Waals surface area (Å²) in [5, 5.41) is 2.91. The molecule has 0 bridgehead atoms. The zero-order chi connectivity index (χ0) is 15.1. The summed E-state index contributed by atoms with van der Waals surface area (Å²) in [5.41, 5.74) is 0.434. The van der Waals surface area contributed by atoms with Crippen LogP contribution in [-0.2, 0) is 4.79 Å². The minimum Gasteiger partial charge on any atom is -0.352 e. The van der Waals surface area contributed by atoms with Gasteiger partial charge in [-0.1, -0.05) is 25.1 Å². The van der Waals surface area contributed by atoms with E-state index in [0.29, 0.717) is 18.0 Å². The number of carbonyl (C=O) groups excluding carboxylic acids is 1. The molecular weight excluding hydrogens is 267 g/mol. The van der Waals surface area contributed by atoms with Gasteiger partial charge >= 0.3 is 0 Å². The SMILES string of the molecule is CCN1CCC(CNC(=O)C=Cc2ccccc2F)CC1. The van der Waals surface area contributed by atoms with Crippen molar-refractivity contribution in [1.82, 2.24) is 10.2 Å². The summed E-state index contributed by atoms with van der Waals surface area (Å²) in [5.74, 6) is 0.0864. The van der Waals surface area contributed by atoms with Gasteiger partial charge in [0.25, 0.3) is 0 Å². The molecule has 0 radical (unpaired) electrons. The zero-order valence-corrected chi connectivity index (χ0v) is 12.5. The Bertz CT molecular complexity index is 493. The molecular formula is C17H23FN2O. The first-order valence-corrected chi connectivity index (χ1v) is 7.62. The molecule has 3 nitrogen and oxygen atoms in total. The van der Waals surface area contributed by atoms with E-state index in [-0.39, 0.29) is 11.7 Å². The Kier molecular flexibility index (Phi) is 5.93. The highest BCUT2D eigenvalue weighted by molar-refractivity contribution is 5.91. The third kappa shape index (κ3) is 4.97. The predicted molar refractivity (Wildman–Crippen MR) is 83.3 cm³/mol. The average Bonchev–Trinajstić information content (AvgIpc) is 2.52. The van der Waals surface area contributed by atoms with Crippen LogP contribution in [0.15, 0.2) is 30.3 Å². The molecule has 114 valence electrons. The van der Waals surface area contributed by atoms with Gasteiger partial charge in [0.2, 0.25) is 5.91 Å². The maximum absolute atomic E-state index is 13.4. The van der Waals surface area contributed by atoms with Crippen LogP contribution in [-0.4, -0.2) is 37.0 Å². The summed E-state index contributed by atoms with van der Waals surface area (Å²) in [4.78, 5) is 14.2. The van der Waals surface area contributed by atoms with E-state index in [1.165, 1.54) is 18.2 Å². The van der Waals surface area contributed by atoms with Gasteiger partial charge in [0, 0.05) is 18.2 Å². The Morgan fingerprint density at radius 1 is 1.38 bits per heavy atom. The Hall–Kier alpha value is -1.68. The van der Waals surface area contributed by atoms with Crippen LogP contribution < -0.4 is 5.32 Å². The van der Waals surface area contributed by atoms with E-state index < -0.39 is 0 Å². The quantitative estimate of drug-likeness (QED) is 0.846. The first-order valence-electron chi connectivity index (χ1n) is 7.62. The number of nitrogens with one attached hydrogen (secondary N) is 1. The van der Waals surface area contributed by atoms with Crippen molar-refractivity contribution >= 4 is 12.0 Å². The van der Waals surface area contributed by atoms with E-state index in [9.17, 15) is 9.18 Å². The van der Waals surface area contributed by atoms with Gasteiger partial charge in [-0.3, -0.25) is 4.79 Å². The van der Waals surface area contributed by atoms with Crippen molar-refractivity contribution < 1.29 is 9.18 Å². The fourth-order valence-corrected chi connectivity index (χ4v) is 2.59. The molecule has 0 aromatic heterocycles. The fourth-order valence-electron chi connectivity index (χ4n) is 2.59.